The molecule has 0 saturated heterocycles. The van der Waals surface area contributed by atoms with Gasteiger partial charge in [0.25, 0.3) is 0 Å². The molecule has 1 atom stereocenters. The van der Waals surface area contributed by atoms with Crippen molar-refractivity contribution in [2.75, 3.05) is 23.4 Å². The summed E-state index contributed by atoms with van der Waals surface area (Å²) in [5.41, 5.74) is 9.25. The van der Waals surface area contributed by atoms with Gasteiger partial charge in [-0.3, -0.25) is 4.79 Å². The second kappa shape index (κ2) is 11.9. The van der Waals surface area contributed by atoms with Crippen molar-refractivity contribution in [2.24, 2.45) is 16.6 Å². The summed E-state index contributed by atoms with van der Waals surface area (Å²) < 4.78 is 6.01. The van der Waals surface area contributed by atoms with Gasteiger partial charge in [-0.2, -0.15) is 0 Å². The topological polar surface area (TPSA) is 139 Å². The second-order valence-corrected chi connectivity index (χ2v) is 8.74. The fourth-order valence-corrected chi connectivity index (χ4v) is 3.85. The SMILES string of the molecule is C=C(C)C(CO)CN(C=O)c1ccc2ncnc(Nc3ccc(Oc4ccnc(N=CN)c4)c(C)c3)c2c1. The fraction of sp³-hybridized carbons (Fsp3) is 0.179. The minimum Gasteiger partial charge on any atom is -0.457 e. The first kappa shape index (κ1) is 26.2. The number of aliphatic hydroxyl groups is 1. The predicted molar refractivity (Wildman–Crippen MR) is 149 cm³/mol. The molecule has 10 heteroatoms. The number of carbonyl (C=O) groups is 1. The van der Waals surface area contributed by atoms with Crippen molar-refractivity contribution in [3.8, 4) is 11.5 Å². The normalized spacial score (nSPS) is 11.9. The Morgan fingerprint density at radius 2 is 2.05 bits per heavy atom. The third-order valence-corrected chi connectivity index (χ3v) is 6.00. The van der Waals surface area contributed by atoms with E-state index in [1.165, 1.54) is 12.7 Å². The van der Waals surface area contributed by atoms with Crippen molar-refractivity contribution in [3.63, 3.8) is 0 Å². The second-order valence-electron chi connectivity index (χ2n) is 8.74. The maximum Gasteiger partial charge on any atom is 0.214 e. The Bertz CT molecular complexity index is 1490. The van der Waals surface area contributed by atoms with Crippen LogP contribution in [0.1, 0.15) is 12.5 Å². The lowest BCUT2D eigenvalue weighted by Crippen LogP contribution is -2.30. The number of ether oxygens (including phenoxy) is 1. The molecule has 194 valence electrons. The molecule has 0 radical (unpaired) electrons. The average molecular weight is 512 g/mol. The van der Waals surface area contributed by atoms with Crippen LogP contribution in [-0.2, 0) is 4.79 Å². The molecule has 2 aromatic heterocycles. The highest BCUT2D eigenvalue weighted by Crippen LogP contribution is 2.32. The van der Waals surface area contributed by atoms with E-state index in [-0.39, 0.29) is 12.5 Å². The number of aliphatic hydroxyl groups excluding tert-OH is 1. The van der Waals surface area contributed by atoms with Gasteiger partial charge in [0, 0.05) is 41.5 Å². The zero-order valence-electron chi connectivity index (χ0n) is 21.2. The summed E-state index contributed by atoms with van der Waals surface area (Å²) in [4.78, 5) is 30.3. The number of nitrogens with two attached hydrogens (primary N) is 1. The highest BCUT2D eigenvalue weighted by molar-refractivity contribution is 5.94. The zero-order valence-corrected chi connectivity index (χ0v) is 21.2. The molecule has 2 heterocycles. The highest BCUT2D eigenvalue weighted by atomic mass is 16.5. The van der Waals surface area contributed by atoms with E-state index in [2.05, 4.69) is 31.8 Å². The fourth-order valence-electron chi connectivity index (χ4n) is 3.85. The molecule has 4 N–H and O–H groups in total. The van der Waals surface area contributed by atoms with Gasteiger partial charge in [0.05, 0.1) is 18.5 Å². The lowest BCUT2D eigenvalue weighted by atomic mass is 10.0. The van der Waals surface area contributed by atoms with E-state index in [0.717, 1.165) is 34.1 Å². The first-order valence-corrected chi connectivity index (χ1v) is 11.9. The Labute approximate surface area is 220 Å². The van der Waals surface area contributed by atoms with Crippen molar-refractivity contribution in [1.82, 2.24) is 15.0 Å². The number of aromatic nitrogens is 3. The van der Waals surface area contributed by atoms with E-state index < -0.39 is 0 Å². The van der Waals surface area contributed by atoms with Crippen molar-refractivity contribution in [3.05, 3.63) is 78.8 Å². The average Bonchev–Trinajstić information content (AvgIpc) is 2.91. The maximum atomic E-state index is 11.9. The number of pyridine rings is 1. The van der Waals surface area contributed by atoms with Crippen LogP contribution in [-0.4, -0.2) is 46.0 Å². The number of benzene rings is 2. The van der Waals surface area contributed by atoms with E-state index in [0.29, 0.717) is 35.4 Å². The number of carbonyl (C=O) groups excluding carboxylic acids is 1. The zero-order chi connectivity index (χ0) is 27.1. The Hall–Kier alpha value is -4.83. The van der Waals surface area contributed by atoms with Crippen molar-refractivity contribution < 1.29 is 14.6 Å². The van der Waals surface area contributed by atoms with Gasteiger partial charge in [0.15, 0.2) is 5.82 Å². The minimum absolute atomic E-state index is 0.0911. The van der Waals surface area contributed by atoms with Gasteiger partial charge in [0.2, 0.25) is 6.41 Å². The summed E-state index contributed by atoms with van der Waals surface area (Å²) in [6.07, 6.45) is 5.02. The van der Waals surface area contributed by atoms with Gasteiger partial charge in [-0.15, -0.1) is 0 Å². The summed E-state index contributed by atoms with van der Waals surface area (Å²) in [6.45, 7) is 7.91. The number of rotatable bonds is 11. The van der Waals surface area contributed by atoms with E-state index in [9.17, 15) is 9.90 Å². The van der Waals surface area contributed by atoms with E-state index in [1.807, 2.05) is 50.2 Å². The molecule has 10 nitrogen and oxygen atoms in total. The van der Waals surface area contributed by atoms with Crippen molar-refractivity contribution in [1.29, 1.82) is 0 Å². The van der Waals surface area contributed by atoms with Crippen LogP contribution in [0.3, 0.4) is 0 Å². The van der Waals surface area contributed by atoms with Crippen LogP contribution in [0, 0.1) is 12.8 Å². The Morgan fingerprint density at radius 3 is 2.76 bits per heavy atom. The highest BCUT2D eigenvalue weighted by Gasteiger charge is 2.16. The number of aryl methyl sites for hydroxylation is 1. The van der Waals surface area contributed by atoms with Crippen LogP contribution in [0.25, 0.3) is 10.9 Å². The van der Waals surface area contributed by atoms with Gasteiger partial charge in [-0.1, -0.05) is 12.2 Å². The van der Waals surface area contributed by atoms with Crippen LogP contribution in [0.2, 0.25) is 0 Å². The molecule has 2 aromatic carbocycles. The number of anilines is 3. The molecule has 4 rings (SSSR count). The number of nitrogens with zero attached hydrogens (tertiary/aromatic N) is 5. The summed E-state index contributed by atoms with van der Waals surface area (Å²) in [7, 11) is 0. The number of hydrogen-bond acceptors (Lipinski definition) is 8. The molecule has 1 unspecified atom stereocenters. The first-order valence-electron chi connectivity index (χ1n) is 11.9. The third-order valence-electron chi connectivity index (χ3n) is 6.00. The number of hydrogen-bond donors (Lipinski definition) is 3. The van der Waals surface area contributed by atoms with Crippen LogP contribution in [0.4, 0.5) is 23.0 Å². The lowest BCUT2D eigenvalue weighted by molar-refractivity contribution is -0.107. The van der Waals surface area contributed by atoms with Crippen LogP contribution in [0.15, 0.2) is 78.2 Å². The Kier molecular flexibility index (Phi) is 8.24. The van der Waals surface area contributed by atoms with Gasteiger partial charge in [-0.25, -0.2) is 19.9 Å². The van der Waals surface area contributed by atoms with Gasteiger partial charge in [-0.05, 0) is 61.9 Å². The molecule has 0 fully saturated rings. The standard InChI is InChI=1S/C28H29N7O3/c1-18(2)20(14-36)13-35(17-37)22-5-6-25-24(11-22)28(33-16-32-25)34-21-4-7-26(19(3)10-21)38-23-8-9-30-27(12-23)31-15-29/h4-12,15-17,20,36H,1,13-14H2,2-3H3,(H2,29,30,31)(H,32,33,34). The number of aliphatic imine (C=N–C) groups is 1. The van der Waals surface area contributed by atoms with Crippen molar-refractivity contribution in [2.45, 2.75) is 13.8 Å². The molecule has 0 bridgehead atoms. The van der Waals surface area contributed by atoms with Crippen LogP contribution in [0.5, 0.6) is 11.5 Å². The molecule has 0 spiro atoms. The number of nitrogens with one attached hydrogen (secondary N) is 1. The Balaban J connectivity index is 1.58. The summed E-state index contributed by atoms with van der Waals surface area (Å²) >= 11 is 0. The molecule has 38 heavy (non-hydrogen) atoms. The molecule has 0 aliphatic carbocycles. The van der Waals surface area contributed by atoms with Gasteiger partial charge >= 0.3 is 0 Å². The van der Waals surface area contributed by atoms with E-state index in [1.54, 1.807) is 23.2 Å². The number of fused-ring (bicyclic) bond motifs is 1. The Morgan fingerprint density at radius 1 is 1.21 bits per heavy atom. The summed E-state index contributed by atoms with van der Waals surface area (Å²) in [5.74, 6) is 2.09. The molecule has 0 aliphatic rings. The quantitative estimate of drug-likeness (QED) is 0.115. The van der Waals surface area contributed by atoms with Crippen LogP contribution < -0.4 is 20.7 Å². The predicted octanol–water partition coefficient (Wildman–Crippen LogP) is 4.64. The molecular formula is C28H29N7O3. The van der Waals surface area contributed by atoms with E-state index >= 15 is 0 Å². The smallest absolute Gasteiger partial charge is 0.214 e. The molecule has 0 saturated carbocycles. The van der Waals surface area contributed by atoms with Crippen molar-refractivity contribution >= 4 is 46.7 Å². The summed E-state index contributed by atoms with van der Waals surface area (Å²) in [5, 5.41) is 13.8. The molecule has 0 aliphatic heterocycles. The molecule has 1 amide bonds. The van der Waals surface area contributed by atoms with Gasteiger partial charge < -0.3 is 25.8 Å². The molecule has 4 aromatic rings. The maximum absolute atomic E-state index is 11.9. The van der Waals surface area contributed by atoms with Crippen LogP contribution >= 0.6 is 0 Å². The summed E-state index contributed by atoms with van der Waals surface area (Å²) in [6, 6.07) is 14.6. The molecular weight excluding hydrogens is 482 g/mol. The number of amides is 1. The van der Waals surface area contributed by atoms with E-state index in [4.69, 9.17) is 10.5 Å². The lowest BCUT2D eigenvalue weighted by Gasteiger charge is -2.24. The first-order chi connectivity index (χ1) is 18.4. The van der Waals surface area contributed by atoms with Gasteiger partial charge in [0.1, 0.15) is 23.6 Å². The monoisotopic (exact) mass is 511 g/mol. The third kappa shape index (κ3) is 6.11. The minimum atomic E-state index is -0.226. The largest absolute Gasteiger partial charge is 0.457 e.